The first kappa shape index (κ1) is 13.8. The number of rotatable bonds is 2. The number of benzene rings is 1. The van der Waals surface area contributed by atoms with E-state index in [9.17, 15) is 9.18 Å². The molecular formula is C15H18ClFN2O. The van der Waals surface area contributed by atoms with E-state index in [0.29, 0.717) is 13.0 Å². The Kier molecular flexibility index (Phi) is 3.69. The Hall–Kier alpha value is -1.13. The van der Waals surface area contributed by atoms with Crippen LogP contribution in [0, 0.1) is 11.2 Å². The summed E-state index contributed by atoms with van der Waals surface area (Å²) in [5, 5.41) is 3.46. The predicted molar refractivity (Wildman–Crippen MR) is 76.0 cm³/mol. The summed E-state index contributed by atoms with van der Waals surface area (Å²) in [6.45, 7) is 3.31. The Balaban J connectivity index is 1.71. The summed E-state index contributed by atoms with van der Waals surface area (Å²) in [5.74, 6) is -0.217. The lowest BCUT2D eigenvalue weighted by molar-refractivity contribution is -0.128. The zero-order chi connectivity index (χ0) is 14.2. The Morgan fingerprint density at radius 2 is 2.10 bits per heavy atom. The molecule has 0 atom stereocenters. The second-order valence-electron chi connectivity index (χ2n) is 5.93. The molecule has 0 bridgehead atoms. The van der Waals surface area contributed by atoms with E-state index in [0.717, 1.165) is 38.0 Å². The van der Waals surface area contributed by atoms with Crippen molar-refractivity contribution in [2.45, 2.75) is 25.8 Å². The number of hydrogen-bond donors (Lipinski definition) is 1. The van der Waals surface area contributed by atoms with Crippen LogP contribution in [0.3, 0.4) is 0 Å². The summed E-state index contributed by atoms with van der Waals surface area (Å²) in [5.41, 5.74) is 1.03. The molecule has 0 saturated carbocycles. The van der Waals surface area contributed by atoms with Crippen LogP contribution in [0.25, 0.3) is 0 Å². The smallest absolute Gasteiger partial charge is 0.223 e. The Morgan fingerprint density at radius 1 is 1.35 bits per heavy atom. The van der Waals surface area contributed by atoms with E-state index >= 15 is 0 Å². The molecule has 1 N–H and O–H groups in total. The quantitative estimate of drug-likeness (QED) is 0.910. The highest BCUT2D eigenvalue weighted by Gasteiger charge is 2.43. The lowest BCUT2D eigenvalue weighted by Crippen LogP contribution is -2.38. The molecular weight excluding hydrogens is 279 g/mol. The summed E-state index contributed by atoms with van der Waals surface area (Å²) in [6.07, 6.45) is 2.75. The fourth-order valence-corrected chi connectivity index (χ4v) is 3.48. The van der Waals surface area contributed by atoms with Crippen molar-refractivity contribution in [1.82, 2.24) is 10.2 Å². The van der Waals surface area contributed by atoms with Crippen LogP contribution in [-0.4, -0.2) is 30.4 Å². The van der Waals surface area contributed by atoms with Gasteiger partial charge in [-0.15, -0.1) is 0 Å². The Bertz CT molecular complexity index is 529. The number of nitrogens with one attached hydrogen (secondary N) is 1. The Morgan fingerprint density at radius 3 is 2.80 bits per heavy atom. The van der Waals surface area contributed by atoms with Gasteiger partial charge in [0.25, 0.3) is 0 Å². The van der Waals surface area contributed by atoms with E-state index in [1.807, 2.05) is 4.90 Å². The van der Waals surface area contributed by atoms with E-state index in [1.165, 1.54) is 6.07 Å². The zero-order valence-electron chi connectivity index (χ0n) is 11.3. The van der Waals surface area contributed by atoms with E-state index < -0.39 is 5.82 Å². The molecule has 5 heteroatoms. The van der Waals surface area contributed by atoms with Crippen molar-refractivity contribution in [3.63, 3.8) is 0 Å². The lowest BCUT2D eigenvalue weighted by Gasteiger charge is -2.33. The molecule has 2 heterocycles. The van der Waals surface area contributed by atoms with Crippen molar-refractivity contribution < 1.29 is 9.18 Å². The van der Waals surface area contributed by atoms with E-state index in [4.69, 9.17) is 11.6 Å². The minimum absolute atomic E-state index is 0.116. The molecule has 0 unspecified atom stereocenters. The van der Waals surface area contributed by atoms with Gasteiger partial charge in [0.05, 0.1) is 5.02 Å². The summed E-state index contributed by atoms with van der Waals surface area (Å²) in [4.78, 5) is 14.1. The molecule has 0 radical (unpaired) electrons. The fourth-order valence-electron chi connectivity index (χ4n) is 3.28. The molecule has 2 aliphatic rings. The molecule has 108 valence electrons. The number of likely N-dealkylation sites (tertiary alicyclic amines) is 1. The molecule has 1 spiro atoms. The molecule has 3 nitrogen and oxygen atoms in total. The maximum atomic E-state index is 13.2. The highest BCUT2D eigenvalue weighted by molar-refractivity contribution is 6.30. The molecule has 1 aromatic rings. The molecule has 1 aromatic carbocycles. The van der Waals surface area contributed by atoms with Crippen molar-refractivity contribution in [2.75, 3.05) is 19.6 Å². The summed E-state index contributed by atoms with van der Waals surface area (Å²) in [7, 11) is 0. The minimum atomic E-state index is -0.419. The third-order valence-electron chi connectivity index (χ3n) is 4.43. The number of halogens is 2. The van der Waals surface area contributed by atoms with Crippen LogP contribution in [0.15, 0.2) is 18.2 Å². The third kappa shape index (κ3) is 2.67. The van der Waals surface area contributed by atoms with Gasteiger partial charge in [0, 0.05) is 19.5 Å². The first-order valence-electron chi connectivity index (χ1n) is 7.00. The van der Waals surface area contributed by atoms with Crippen molar-refractivity contribution in [3.8, 4) is 0 Å². The van der Waals surface area contributed by atoms with Gasteiger partial charge in [-0.1, -0.05) is 17.7 Å². The third-order valence-corrected chi connectivity index (χ3v) is 4.72. The molecule has 3 rings (SSSR count). The number of piperidine rings is 1. The van der Waals surface area contributed by atoms with Crippen LogP contribution >= 0.6 is 11.6 Å². The van der Waals surface area contributed by atoms with E-state index in [-0.39, 0.29) is 16.3 Å². The second kappa shape index (κ2) is 5.34. The van der Waals surface area contributed by atoms with Gasteiger partial charge in [-0.2, -0.15) is 0 Å². The lowest BCUT2D eigenvalue weighted by atomic mass is 9.78. The second-order valence-corrected chi connectivity index (χ2v) is 6.33. The van der Waals surface area contributed by atoms with Crippen LogP contribution in [0.2, 0.25) is 5.02 Å². The first-order chi connectivity index (χ1) is 9.58. The van der Waals surface area contributed by atoms with Gasteiger partial charge in [0.15, 0.2) is 0 Å². The van der Waals surface area contributed by atoms with Gasteiger partial charge >= 0.3 is 0 Å². The normalized spacial score (nSPS) is 21.7. The minimum Gasteiger partial charge on any atom is -0.338 e. The fraction of sp³-hybridized carbons (Fsp3) is 0.533. The number of carbonyl (C=O) groups is 1. The molecule has 0 aliphatic carbocycles. The van der Waals surface area contributed by atoms with E-state index in [1.54, 1.807) is 12.1 Å². The van der Waals surface area contributed by atoms with Crippen LogP contribution < -0.4 is 5.32 Å². The van der Waals surface area contributed by atoms with Gasteiger partial charge in [-0.3, -0.25) is 4.79 Å². The topological polar surface area (TPSA) is 32.3 Å². The number of nitrogens with zero attached hydrogens (tertiary/aromatic N) is 1. The van der Waals surface area contributed by atoms with Crippen molar-refractivity contribution in [3.05, 3.63) is 34.6 Å². The molecule has 2 fully saturated rings. The largest absolute Gasteiger partial charge is 0.338 e. The maximum Gasteiger partial charge on any atom is 0.223 e. The van der Waals surface area contributed by atoms with Gasteiger partial charge < -0.3 is 10.2 Å². The molecule has 2 saturated heterocycles. The van der Waals surface area contributed by atoms with Crippen LogP contribution in [0.5, 0.6) is 0 Å². The number of amides is 1. The average Bonchev–Trinajstić information content (AvgIpc) is 2.71. The zero-order valence-corrected chi connectivity index (χ0v) is 12.0. The predicted octanol–water partition coefficient (Wildman–Crippen LogP) is 2.58. The molecule has 0 aromatic heterocycles. The standard InChI is InChI=1S/C15H18ClFN2O/c16-12-7-11(1-2-13(12)17)9-19-10-15(8-14(19)20)3-5-18-6-4-15/h1-2,7,18H,3-6,8-10H2. The van der Waals surface area contributed by atoms with Crippen molar-refractivity contribution in [1.29, 1.82) is 0 Å². The van der Waals surface area contributed by atoms with Crippen molar-refractivity contribution in [2.24, 2.45) is 5.41 Å². The van der Waals surface area contributed by atoms with Gasteiger partial charge in [0.1, 0.15) is 5.82 Å². The summed E-state index contributed by atoms with van der Waals surface area (Å²) < 4.78 is 13.2. The first-order valence-corrected chi connectivity index (χ1v) is 7.38. The molecule has 2 aliphatic heterocycles. The number of hydrogen-bond acceptors (Lipinski definition) is 2. The highest BCUT2D eigenvalue weighted by atomic mass is 35.5. The molecule has 1 amide bonds. The summed E-state index contributed by atoms with van der Waals surface area (Å²) >= 11 is 5.79. The highest BCUT2D eigenvalue weighted by Crippen LogP contribution is 2.39. The van der Waals surface area contributed by atoms with E-state index in [2.05, 4.69) is 5.32 Å². The number of carbonyl (C=O) groups excluding carboxylic acids is 1. The van der Waals surface area contributed by atoms with Gasteiger partial charge in [-0.05, 0) is 49.0 Å². The maximum absolute atomic E-state index is 13.2. The molecule has 20 heavy (non-hydrogen) atoms. The summed E-state index contributed by atoms with van der Waals surface area (Å²) in [6, 6.07) is 4.66. The average molecular weight is 297 g/mol. The van der Waals surface area contributed by atoms with Crippen molar-refractivity contribution >= 4 is 17.5 Å². The SMILES string of the molecule is O=C1CC2(CCNCC2)CN1Cc1ccc(F)c(Cl)c1. The van der Waals surface area contributed by atoms with Crippen LogP contribution in [-0.2, 0) is 11.3 Å². The Labute approximate surface area is 123 Å². The van der Waals surface area contributed by atoms with Crippen LogP contribution in [0.1, 0.15) is 24.8 Å². The van der Waals surface area contributed by atoms with Crippen LogP contribution in [0.4, 0.5) is 4.39 Å². The van der Waals surface area contributed by atoms with Gasteiger partial charge in [0.2, 0.25) is 5.91 Å². The monoisotopic (exact) mass is 296 g/mol. The van der Waals surface area contributed by atoms with Gasteiger partial charge in [-0.25, -0.2) is 4.39 Å².